The zero-order valence-electron chi connectivity index (χ0n) is 18.7. The number of carbonyl (C=O) groups excluding carboxylic acids is 2. The minimum absolute atomic E-state index is 0.0116. The Kier molecular flexibility index (Phi) is 7.26. The summed E-state index contributed by atoms with van der Waals surface area (Å²) in [6.45, 7) is 2.05. The smallest absolute Gasteiger partial charge is 0.313 e. The highest BCUT2D eigenvalue weighted by Crippen LogP contribution is 2.30. The largest absolute Gasteiger partial charge is 0.493 e. The summed E-state index contributed by atoms with van der Waals surface area (Å²) in [6.07, 6.45) is 0.963. The van der Waals surface area contributed by atoms with E-state index in [4.69, 9.17) is 9.47 Å². The minimum Gasteiger partial charge on any atom is -0.493 e. The van der Waals surface area contributed by atoms with Gasteiger partial charge in [0, 0.05) is 31.4 Å². The highest BCUT2D eigenvalue weighted by atomic mass is 32.1. The fourth-order valence-electron chi connectivity index (χ4n) is 4.08. The Hall–Kier alpha value is -3.36. The van der Waals surface area contributed by atoms with E-state index in [0.717, 1.165) is 25.1 Å². The molecule has 2 aromatic carbocycles. The lowest BCUT2D eigenvalue weighted by Gasteiger charge is -2.35. The normalized spacial score (nSPS) is 14.1. The topological polar surface area (TPSA) is 79.9 Å². The maximum Gasteiger partial charge on any atom is 0.313 e. The van der Waals surface area contributed by atoms with Crippen molar-refractivity contribution in [3.8, 4) is 11.5 Å². The number of fused-ring (bicyclic) bond motifs is 1. The molecule has 2 amide bonds. The number of hydrogen-bond acceptors (Lipinski definition) is 6. The number of thiophene rings is 1. The van der Waals surface area contributed by atoms with Gasteiger partial charge in [-0.05, 0) is 52.1 Å². The molecule has 1 aliphatic heterocycles. The van der Waals surface area contributed by atoms with Gasteiger partial charge in [-0.3, -0.25) is 14.5 Å². The predicted octanol–water partition coefficient (Wildman–Crippen LogP) is 3.62. The maximum atomic E-state index is 12.6. The maximum absolute atomic E-state index is 12.6. The molecule has 0 saturated heterocycles. The van der Waals surface area contributed by atoms with E-state index in [9.17, 15) is 9.59 Å². The minimum atomic E-state index is -0.727. The molecular formula is C25H27N3O4S. The molecule has 33 heavy (non-hydrogen) atoms. The van der Waals surface area contributed by atoms with E-state index in [-0.39, 0.29) is 6.04 Å². The van der Waals surface area contributed by atoms with Gasteiger partial charge in [0.15, 0.2) is 11.5 Å². The van der Waals surface area contributed by atoms with Crippen molar-refractivity contribution in [1.29, 1.82) is 0 Å². The van der Waals surface area contributed by atoms with Gasteiger partial charge in [0.05, 0.1) is 20.3 Å². The van der Waals surface area contributed by atoms with Gasteiger partial charge in [0.25, 0.3) is 0 Å². The van der Waals surface area contributed by atoms with Crippen LogP contribution in [-0.4, -0.2) is 44.0 Å². The molecule has 2 N–H and O–H groups in total. The van der Waals surface area contributed by atoms with Crippen molar-refractivity contribution >= 4 is 28.8 Å². The van der Waals surface area contributed by atoms with Gasteiger partial charge >= 0.3 is 11.8 Å². The zero-order valence-corrected chi connectivity index (χ0v) is 19.5. The molecule has 172 valence electrons. The summed E-state index contributed by atoms with van der Waals surface area (Å²) in [7, 11) is 3.05. The Morgan fingerprint density at radius 3 is 2.55 bits per heavy atom. The highest BCUT2D eigenvalue weighted by molar-refractivity contribution is 7.08. The Labute approximate surface area is 197 Å². The second kappa shape index (κ2) is 10.5. The van der Waals surface area contributed by atoms with Gasteiger partial charge in [-0.1, -0.05) is 24.3 Å². The fourth-order valence-corrected chi connectivity index (χ4v) is 4.78. The highest BCUT2D eigenvalue weighted by Gasteiger charge is 2.26. The molecule has 2 heterocycles. The number of rotatable bonds is 7. The molecular weight excluding hydrogens is 438 g/mol. The summed E-state index contributed by atoms with van der Waals surface area (Å²) in [5, 5.41) is 9.57. The molecule has 0 fully saturated rings. The Morgan fingerprint density at radius 2 is 1.82 bits per heavy atom. The first-order valence-corrected chi connectivity index (χ1v) is 11.7. The summed E-state index contributed by atoms with van der Waals surface area (Å²) < 4.78 is 10.5. The molecule has 8 heteroatoms. The molecule has 0 saturated carbocycles. The Balaban J connectivity index is 1.41. The van der Waals surface area contributed by atoms with Crippen molar-refractivity contribution < 1.29 is 19.1 Å². The Morgan fingerprint density at radius 1 is 1.03 bits per heavy atom. The number of nitrogens with zero attached hydrogens (tertiary/aromatic N) is 1. The SMILES string of the molecule is COc1ccc(NC(=O)C(=O)NC[C@H](c2ccsc2)N2CCc3ccccc3C2)cc1OC. The van der Waals surface area contributed by atoms with Crippen molar-refractivity contribution in [2.24, 2.45) is 0 Å². The molecule has 0 radical (unpaired) electrons. The van der Waals surface area contributed by atoms with Crippen LogP contribution in [0.1, 0.15) is 22.7 Å². The monoisotopic (exact) mass is 465 g/mol. The molecule has 3 aromatic rings. The molecule has 1 aromatic heterocycles. The van der Waals surface area contributed by atoms with Crippen molar-refractivity contribution in [3.63, 3.8) is 0 Å². The number of ether oxygens (including phenoxy) is 2. The first-order valence-electron chi connectivity index (χ1n) is 10.7. The molecule has 4 rings (SSSR count). The number of nitrogens with one attached hydrogen (secondary N) is 2. The number of amides is 2. The molecule has 0 bridgehead atoms. The lowest BCUT2D eigenvalue weighted by molar-refractivity contribution is -0.136. The van der Waals surface area contributed by atoms with Crippen LogP contribution in [0.5, 0.6) is 11.5 Å². The van der Waals surface area contributed by atoms with Crippen LogP contribution in [0.2, 0.25) is 0 Å². The van der Waals surface area contributed by atoms with E-state index in [1.807, 2.05) is 5.38 Å². The third-order valence-electron chi connectivity index (χ3n) is 5.83. The second-order valence-corrected chi connectivity index (χ2v) is 8.58. The van der Waals surface area contributed by atoms with Crippen LogP contribution in [0, 0.1) is 0 Å². The second-order valence-electron chi connectivity index (χ2n) is 7.80. The molecule has 1 aliphatic rings. The predicted molar refractivity (Wildman–Crippen MR) is 129 cm³/mol. The van der Waals surface area contributed by atoms with Crippen molar-refractivity contribution in [2.45, 2.75) is 19.0 Å². The summed E-state index contributed by atoms with van der Waals surface area (Å²) in [4.78, 5) is 27.4. The van der Waals surface area contributed by atoms with Crippen LogP contribution in [0.15, 0.2) is 59.3 Å². The molecule has 0 spiro atoms. The van der Waals surface area contributed by atoms with Crippen LogP contribution < -0.4 is 20.1 Å². The number of anilines is 1. The van der Waals surface area contributed by atoms with E-state index in [1.54, 1.807) is 29.5 Å². The standard InChI is InChI=1S/C25H27N3O4S/c1-31-22-8-7-20(13-23(22)32-2)27-25(30)24(29)26-14-21(19-10-12-33-16-19)28-11-9-17-5-3-4-6-18(17)15-28/h3-8,10,12-13,16,21H,9,11,14-15H2,1-2H3,(H,26,29)(H,27,30)/t21-/m1/s1. The summed E-state index contributed by atoms with van der Waals surface area (Å²) in [5.74, 6) is -0.391. The average molecular weight is 466 g/mol. The number of methoxy groups -OCH3 is 2. The molecule has 0 unspecified atom stereocenters. The van der Waals surface area contributed by atoms with Crippen LogP contribution in [0.25, 0.3) is 0 Å². The quantitative estimate of drug-likeness (QED) is 0.521. The van der Waals surface area contributed by atoms with Gasteiger partial charge in [-0.2, -0.15) is 11.3 Å². The first kappa shape index (κ1) is 22.8. The van der Waals surface area contributed by atoms with Crippen molar-refractivity contribution in [3.05, 3.63) is 76.0 Å². The van der Waals surface area contributed by atoms with E-state index in [1.165, 1.54) is 25.3 Å². The zero-order chi connectivity index (χ0) is 23.2. The van der Waals surface area contributed by atoms with Crippen LogP contribution in [-0.2, 0) is 22.6 Å². The summed E-state index contributed by atoms with van der Waals surface area (Å²) in [5.41, 5.74) is 4.27. The first-order chi connectivity index (χ1) is 16.1. The van der Waals surface area contributed by atoms with E-state index >= 15 is 0 Å². The average Bonchev–Trinajstić information content (AvgIpc) is 3.38. The van der Waals surface area contributed by atoms with Crippen molar-refractivity contribution in [1.82, 2.24) is 10.2 Å². The van der Waals surface area contributed by atoms with Crippen molar-refractivity contribution in [2.75, 3.05) is 32.6 Å². The molecule has 1 atom stereocenters. The number of carbonyl (C=O) groups is 2. The van der Waals surface area contributed by atoms with Gasteiger partial charge in [0.1, 0.15) is 0 Å². The summed E-state index contributed by atoms with van der Waals surface area (Å²) >= 11 is 1.63. The summed E-state index contributed by atoms with van der Waals surface area (Å²) in [6, 6.07) is 15.5. The van der Waals surface area contributed by atoms with Gasteiger partial charge in [-0.25, -0.2) is 0 Å². The van der Waals surface area contributed by atoms with Crippen LogP contribution in [0.4, 0.5) is 5.69 Å². The third-order valence-corrected chi connectivity index (χ3v) is 6.53. The lowest BCUT2D eigenvalue weighted by atomic mass is 9.97. The Bertz CT molecular complexity index is 1120. The fraction of sp³-hybridized carbons (Fsp3) is 0.280. The third kappa shape index (κ3) is 5.35. The molecule has 7 nitrogen and oxygen atoms in total. The van der Waals surface area contributed by atoms with E-state index < -0.39 is 11.8 Å². The van der Waals surface area contributed by atoms with Crippen LogP contribution >= 0.6 is 11.3 Å². The van der Waals surface area contributed by atoms with E-state index in [2.05, 4.69) is 51.2 Å². The lowest BCUT2D eigenvalue weighted by Crippen LogP contribution is -2.43. The van der Waals surface area contributed by atoms with Gasteiger partial charge in [-0.15, -0.1) is 0 Å². The molecule has 0 aliphatic carbocycles. The van der Waals surface area contributed by atoms with E-state index in [0.29, 0.717) is 23.7 Å². The number of hydrogen-bond donors (Lipinski definition) is 2. The van der Waals surface area contributed by atoms with Gasteiger partial charge < -0.3 is 20.1 Å². The van der Waals surface area contributed by atoms with Crippen LogP contribution in [0.3, 0.4) is 0 Å². The number of benzene rings is 2. The van der Waals surface area contributed by atoms with Gasteiger partial charge in [0.2, 0.25) is 0 Å².